The second kappa shape index (κ2) is 5.96. The van der Waals surface area contributed by atoms with Gasteiger partial charge in [0, 0.05) is 35.6 Å². The van der Waals surface area contributed by atoms with E-state index in [-0.39, 0.29) is 0 Å². The number of nitrogens with one attached hydrogen (secondary N) is 1. The molecule has 2 rings (SSSR count). The number of anilines is 2. The molecule has 106 valence electrons. The van der Waals surface area contributed by atoms with Gasteiger partial charge in [-0.3, -0.25) is 0 Å². The normalized spacial score (nSPS) is 19.9. The van der Waals surface area contributed by atoms with Crippen molar-refractivity contribution in [2.24, 2.45) is 5.84 Å². The van der Waals surface area contributed by atoms with Gasteiger partial charge >= 0.3 is 0 Å². The number of hydrogen-bond donors (Lipinski definition) is 2. The molecule has 1 aliphatic heterocycles. The first kappa shape index (κ1) is 14.4. The summed E-state index contributed by atoms with van der Waals surface area (Å²) in [6, 6.07) is 0.498. The number of nitrogens with zero attached hydrogens (tertiary/aromatic N) is 3. The number of rotatable bonds is 3. The summed E-state index contributed by atoms with van der Waals surface area (Å²) < 4.78 is 0. The Kier molecular flexibility index (Phi) is 4.52. The SMILES string of the molecule is Cc1c(NN)nc(C(C)C)nc1N1CCSCC1C. The molecule has 1 saturated heterocycles. The maximum absolute atomic E-state index is 5.59. The number of hydrazine groups is 1. The standard InChI is InChI=1S/C13H23N5S/c1-8(2)11-15-12(17-14)10(4)13(16-11)18-5-6-19-7-9(18)3/h8-9H,5-7,14H2,1-4H3,(H,15,16,17). The predicted molar refractivity (Wildman–Crippen MR) is 82.8 cm³/mol. The highest BCUT2D eigenvalue weighted by atomic mass is 32.2. The average molecular weight is 281 g/mol. The lowest BCUT2D eigenvalue weighted by atomic mass is 10.2. The Morgan fingerprint density at radius 1 is 1.42 bits per heavy atom. The zero-order valence-electron chi connectivity index (χ0n) is 12.1. The van der Waals surface area contributed by atoms with E-state index in [1.54, 1.807) is 0 Å². The number of nitrogens with two attached hydrogens (primary N) is 1. The third kappa shape index (κ3) is 2.95. The van der Waals surface area contributed by atoms with Gasteiger partial charge in [0.2, 0.25) is 0 Å². The van der Waals surface area contributed by atoms with Crippen molar-refractivity contribution in [2.45, 2.75) is 39.7 Å². The minimum atomic E-state index is 0.293. The molecule has 0 aromatic carbocycles. The molecule has 6 heteroatoms. The van der Waals surface area contributed by atoms with Crippen LogP contribution in [0.1, 0.15) is 38.1 Å². The molecule has 1 aliphatic rings. The second-order valence-corrected chi connectivity index (χ2v) is 6.45. The average Bonchev–Trinajstić information content (AvgIpc) is 2.39. The molecule has 1 fully saturated rings. The second-order valence-electron chi connectivity index (χ2n) is 5.30. The van der Waals surface area contributed by atoms with Gasteiger partial charge in [-0.1, -0.05) is 13.8 Å². The third-order valence-corrected chi connectivity index (χ3v) is 4.62. The molecule has 5 nitrogen and oxygen atoms in total. The first-order valence-corrected chi connectivity index (χ1v) is 7.89. The van der Waals surface area contributed by atoms with Gasteiger partial charge in [-0.05, 0) is 13.8 Å². The van der Waals surface area contributed by atoms with Crippen LogP contribution in [0.4, 0.5) is 11.6 Å². The minimum absolute atomic E-state index is 0.293. The van der Waals surface area contributed by atoms with Crippen LogP contribution in [-0.2, 0) is 0 Å². The molecule has 3 N–H and O–H groups in total. The van der Waals surface area contributed by atoms with Gasteiger partial charge in [0.05, 0.1) is 0 Å². The summed E-state index contributed by atoms with van der Waals surface area (Å²) in [5, 5.41) is 0. The summed E-state index contributed by atoms with van der Waals surface area (Å²) in [4.78, 5) is 11.6. The Hall–Kier alpha value is -1.01. The van der Waals surface area contributed by atoms with Crippen molar-refractivity contribution in [1.82, 2.24) is 9.97 Å². The van der Waals surface area contributed by atoms with Crippen LogP contribution in [0.2, 0.25) is 0 Å². The predicted octanol–water partition coefficient (Wildman–Crippen LogP) is 2.14. The van der Waals surface area contributed by atoms with Crippen LogP contribution in [-0.4, -0.2) is 34.1 Å². The lowest BCUT2D eigenvalue weighted by Gasteiger charge is -2.35. The fourth-order valence-corrected chi connectivity index (χ4v) is 3.26. The van der Waals surface area contributed by atoms with Gasteiger partial charge in [-0.25, -0.2) is 15.8 Å². The molecule has 0 saturated carbocycles. The van der Waals surface area contributed by atoms with E-state index in [1.165, 1.54) is 0 Å². The van der Waals surface area contributed by atoms with E-state index in [2.05, 4.69) is 36.1 Å². The van der Waals surface area contributed by atoms with E-state index in [0.29, 0.717) is 12.0 Å². The van der Waals surface area contributed by atoms with Crippen LogP contribution in [0.25, 0.3) is 0 Å². The molecule has 1 aromatic rings. The number of thioether (sulfide) groups is 1. The fourth-order valence-electron chi connectivity index (χ4n) is 2.24. The quantitative estimate of drug-likeness (QED) is 0.653. The van der Waals surface area contributed by atoms with Crippen LogP contribution in [0, 0.1) is 6.92 Å². The van der Waals surface area contributed by atoms with Crippen molar-refractivity contribution in [3.63, 3.8) is 0 Å². The highest BCUT2D eigenvalue weighted by molar-refractivity contribution is 7.99. The van der Waals surface area contributed by atoms with E-state index in [0.717, 1.165) is 41.1 Å². The first-order valence-electron chi connectivity index (χ1n) is 6.74. The van der Waals surface area contributed by atoms with Crippen molar-refractivity contribution >= 4 is 23.4 Å². The summed E-state index contributed by atoms with van der Waals surface area (Å²) in [6.45, 7) is 9.51. The summed E-state index contributed by atoms with van der Waals surface area (Å²) in [7, 11) is 0. The summed E-state index contributed by atoms with van der Waals surface area (Å²) in [5.74, 6) is 10.8. The van der Waals surface area contributed by atoms with Gasteiger partial charge in [0.1, 0.15) is 17.5 Å². The molecule has 19 heavy (non-hydrogen) atoms. The monoisotopic (exact) mass is 281 g/mol. The molecule has 0 spiro atoms. The van der Waals surface area contributed by atoms with Crippen LogP contribution in [0.3, 0.4) is 0 Å². The number of aromatic nitrogens is 2. The fraction of sp³-hybridized carbons (Fsp3) is 0.692. The van der Waals surface area contributed by atoms with Crippen molar-refractivity contribution in [2.75, 3.05) is 28.4 Å². The van der Waals surface area contributed by atoms with Crippen molar-refractivity contribution < 1.29 is 0 Å². The Morgan fingerprint density at radius 3 is 2.74 bits per heavy atom. The maximum Gasteiger partial charge on any atom is 0.148 e. The third-order valence-electron chi connectivity index (χ3n) is 3.43. The van der Waals surface area contributed by atoms with Crippen molar-refractivity contribution in [3.8, 4) is 0 Å². The molecule has 1 aromatic heterocycles. The Labute approximate surface area is 119 Å². The molecule has 2 heterocycles. The van der Waals surface area contributed by atoms with E-state index in [9.17, 15) is 0 Å². The molecule has 0 aliphatic carbocycles. The van der Waals surface area contributed by atoms with Crippen molar-refractivity contribution in [3.05, 3.63) is 11.4 Å². The summed E-state index contributed by atoms with van der Waals surface area (Å²) in [6.07, 6.45) is 0. The largest absolute Gasteiger partial charge is 0.352 e. The molecule has 0 amide bonds. The topological polar surface area (TPSA) is 67.1 Å². The maximum atomic E-state index is 5.59. The number of hydrogen-bond acceptors (Lipinski definition) is 6. The van der Waals surface area contributed by atoms with E-state index >= 15 is 0 Å². The van der Waals surface area contributed by atoms with Crippen LogP contribution in [0.5, 0.6) is 0 Å². The summed E-state index contributed by atoms with van der Waals surface area (Å²) in [5.41, 5.74) is 3.73. The highest BCUT2D eigenvalue weighted by Crippen LogP contribution is 2.29. The molecule has 0 bridgehead atoms. The van der Waals surface area contributed by atoms with Gasteiger partial charge < -0.3 is 10.3 Å². The smallest absolute Gasteiger partial charge is 0.148 e. The van der Waals surface area contributed by atoms with E-state index in [1.807, 2.05) is 18.7 Å². The zero-order chi connectivity index (χ0) is 14.0. The Balaban J connectivity index is 2.45. The molecule has 1 atom stereocenters. The first-order chi connectivity index (χ1) is 9.04. The highest BCUT2D eigenvalue weighted by Gasteiger charge is 2.24. The van der Waals surface area contributed by atoms with Gasteiger partial charge in [0.15, 0.2) is 0 Å². The molecule has 1 unspecified atom stereocenters. The molecular formula is C13H23N5S. The minimum Gasteiger partial charge on any atom is -0.352 e. The lowest BCUT2D eigenvalue weighted by Crippen LogP contribution is -2.41. The van der Waals surface area contributed by atoms with E-state index in [4.69, 9.17) is 10.8 Å². The zero-order valence-corrected chi connectivity index (χ0v) is 12.9. The van der Waals surface area contributed by atoms with E-state index < -0.39 is 0 Å². The van der Waals surface area contributed by atoms with Crippen molar-refractivity contribution in [1.29, 1.82) is 0 Å². The van der Waals surface area contributed by atoms with Gasteiger partial charge in [0.25, 0.3) is 0 Å². The van der Waals surface area contributed by atoms with Crippen LogP contribution in [0.15, 0.2) is 0 Å². The summed E-state index contributed by atoms with van der Waals surface area (Å²) >= 11 is 2.00. The van der Waals surface area contributed by atoms with Gasteiger partial charge in [-0.15, -0.1) is 0 Å². The van der Waals surface area contributed by atoms with Crippen LogP contribution >= 0.6 is 11.8 Å². The Morgan fingerprint density at radius 2 is 2.16 bits per heavy atom. The van der Waals surface area contributed by atoms with Crippen LogP contribution < -0.4 is 16.2 Å². The number of nitrogen functional groups attached to an aromatic ring is 1. The Bertz CT molecular complexity index is 449. The van der Waals surface area contributed by atoms with Gasteiger partial charge in [-0.2, -0.15) is 11.8 Å². The molecule has 0 radical (unpaired) electrons. The molecular weight excluding hydrogens is 258 g/mol. The lowest BCUT2D eigenvalue weighted by molar-refractivity contribution is 0.674.